The van der Waals surface area contributed by atoms with E-state index in [1.165, 1.54) is 17.6 Å². The fraction of sp³-hybridized carbons (Fsp3) is 0.412. The molecule has 1 aromatic rings. The van der Waals surface area contributed by atoms with Crippen molar-refractivity contribution < 1.29 is 14.4 Å². The monoisotopic (exact) mass is 360 g/mol. The van der Waals surface area contributed by atoms with Gasteiger partial charge in [0.15, 0.2) is 0 Å². The van der Waals surface area contributed by atoms with E-state index in [1.54, 1.807) is 23.1 Å². The van der Waals surface area contributed by atoms with Gasteiger partial charge in [0.25, 0.3) is 11.8 Å². The molecule has 2 aliphatic heterocycles. The third kappa shape index (κ3) is 4.40. The summed E-state index contributed by atoms with van der Waals surface area (Å²) in [7, 11) is 0. The fourth-order valence-corrected chi connectivity index (χ4v) is 3.48. The van der Waals surface area contributed by atoms with E-state index < -0.39 is 11.8 Å². The fourth-order valence-electron chi connectivity index (χ4n) is 2.84. The van der Waals surface area contributed by atoms with Crippen molar-refractivity contribution in [3.63, 3.8) is 0 Å². The number of piperazine rings is 1. The summed E-state index contributed by atoms with van der Waals surface area (Å²) in [5.74, 6) is -1.40. The molecule has 1 unspecified atom stereocenters. The number of hydrogen-bond acceptors (Lipinski definition) is 5. The summed E-state index contributed by atoms with van der Waals surface area (Å²) in [6, 6.07) is 3.66. The van der Waals surface area contributed by atoms with Crippen LogP contribution >= 0.6 is 11.3 Å². The summed E-state index contributed by atoms with van der Waals surface area (Å²) in [5, 5.41) is 4.78. The van der Waals surface area contributed by atoms with Crippen molar-refractivity contribution in [3.8, 4) is 0 Å². The van der Waals surface area contributed by atoms with Crippen molar-refractivity contribution in [2.75, 3.05) is 39.3 Å². The Morgan fingerprint density at radius 3 is 2.76 bits per heavy atom. The second-order valence-corrected chi connectivity index (χ2v) is 6.83. The second-order valence-electron chi connectivity index (χ2n) is 5.88. The molecule has 1 atom stereocenters. The number of aliphatic imine (C=N–C) groups is 1. The van der Waals surface area contributed by atoms with Crippen molar-refractivity contribution in [1.82, 2.24) is 15.1 Å². The normalized spacial score (nSPS) is 20.7. The van der Waals surface area contributed by atoms with E-state index in [0.29, 0.717) is 24.5 Å². The molecule has 0 aliphatic carbocycles. The Bertz CT molecular complexity index is 691. The van der Waals surface area contributed by atoms with E-state index in [4.69, 9.17) is 0 Å². The van der Waals surface area contributed by atoms with Crippen molar-refractivity contribution in [3.05, 3.63) is 34.5 Å². The van der Waals surface area contributed by atoms with Gasteiger partial charge in [-0.25, -0.2) is 4.99 Å². The highest BCUT2D eigenvalue weighted by Gasteiger charge is 2.31. The molecule has 25 heavy (non-hydrogen) atoms. The quantitative estimate of drug-likeness (QED) is 0.771. The highest BCUT2D eigenvalue weighted by atomic mass is 32.1. The number of amides is 3. The van der Waals surface area contributed by atoms with Crippen molar-refractivity contribution in [2.45, 2.75) is 0 Å². The molecule has 2 aliphatic rings. The van der Waals surface area contributed by atoms with Crippen LogP contribution in [0.2, 0.25) is 0 Å². The molecule has 0 spiro atoms. The van der Waals surface area contributed by atoms with Crippen LogP contribution < -0.4 is 5.32 Å². The molecule has 3 amide bonds. The number of carbonyl (C=O) groups is 3. The molecule has 3 rings (SSSR count). The van der Waals surface area contributed by atoms with Crippen LogP contribution in [0.1, 0.15) is 9.67 Å². The van der Waals surface area contributed by atoms with Crippen LogP contribution in [0, 0.1) is 5.92 Å². The molecule has 0 saturated carbocycles. The molecule has 1 fully saturated rings. The molecular weight excluding hydrogens is 340 g/mol. The molecule has 132 valence electrons. The van der Waals surface area contributed by atoms with Crippen LogP contribution in [-0.4, -0.2) is 73.0 Å². The Labute approximate surface area is 150 Å². The Kier molecular flexibility index (Phi) is 5.72. The van der Waals surface area contributed by atoms with Crippen molar-refractivity contribution in [2.24, 2.45) is 10.9 Å². The minimum Gasteiger partial charge on any atom is -0.350 e. The molecule has 1 saturated heterocycles. The molecule has 0 radical (unpaired) electrons. The van der Waals surface area contributed by atoms with Gasteiger partial charge in [0.05, 0.1) is 4.88 Å². The average molecular weight is 360 g/mol. The predicted molar refractivity (Wildman–Crippen MR) is 95.8 cm³/mol. The zero-order valence-corrected chi connectivity index (χ0v) is 14.6. The average Bonchev–Trinajstić information content (AvgIpc) is 3.17. The van der Waals surface area contributed by atoms with Crippen LogP contribution in [0.15, 0.2) is 34.7 Å². The highest BCUT2D eigenvalue weighted by molar-refractivity contribution is 7.12. The lowest BCUT2D eigenvalue weighted by Gasteiger charge is -2.35. The molecule has 1 aromatic heterocycles. The number of hydrogen-bond donors (Lipinski definition) is 1. The van der Waals surface area contributed by atoms with Gasteiger partial charge in [-0.1, -0.05) is 12.1 Å². The maximum Gasteiger partial charge on any atom is 0.262 e. The summed E-state index contributed by atoms with van der Waals surface area (Å²) >= 11 is 1.42. The van der Waals surface area contributed by atoms with E-state index in [2.05, 4.69) is 15.2 Å². The van der Waals surface area contributed by atoms with E-state index in [0.717, 1.165) is 19.6 Å². The van der Waals surface area contributed by atoms with Gasteiger partial charge >= 0.3 is 0 Å². The third-order valence-electron chi connectivity index (χ3n) is 4.27. The smallest absolute Gasteiger partial charge is 0.262 e. The number of nitrogens with one attached hydrogen (secondary N) is 1. The number of dihydropyridines is 1. The van der Waals surface area contributed by atoms with Crippen LogP contribution in [0.5, 0.6) is 0 Å². The topological polar surface area (TPSA) is 82.1 Å². The maximum absolute atomic E-state index is 12.4. The highest BCUT2D eigenvalue weighted by Crippen LogP contribution is 2.13. The summed E-state index contributed by atoms with van der Waals surface area (Å²) in [4.78, 5) is 44.3. The standard InChI is InChI=1S/C17H20N4O3S/c22-15-13(3-1-5-18-15)17(24)21-10-8-20(9-11-21)7-6-19-16(23)14-4-2-12-25-14/h1-5,12-13H,6-11H2,(H,19,23). The predicted octanol–water partition coefficient (Wildman–Crippen LogP) is 0.406. The van der Waals surface area contributed by atoms with Gasteiger partial charge in [-0.05, 0) is 17.5 Å². The van der Waals surface area contributed by atoms with Gasteiger partial charge in [0.2, 0.25) is 5.91 Å². The Hall–Kier alpha value is -2.32. The number of thiophene rings is 1. The minimum absolute atomic E-state index is 0.0491. The Balaban J connectivity index is 1.39. The first-order valence-electron chi connectivity index (χ1n) is 8.22. The first-order valence-corrected chi connectivity index (χ1v) is 9.10. The Morgan fingerprint density at radius 2 is 2.08 bits per heavy atom. The van der Waals surface area contributed by atoms with Crippen LogP contribution in [-0.2, 0) is 9.59 Å². The van der Waals surface area contributed by atoms with Crippen molar-refractivity contribution >= 4 is 35.3 Å². The summed E-state index contributed by atoms with van der Waals surface area (Å²) in [5.41, 5.74) is 0. The molecule has 1 N–H and O–H groups in total. The van der Waals surface area contributed by atoms with Crippen molar-refractivity contribution in [1.29, 1.82) is 0 Å². The molecule has 3 heterocycles. The first-order chi connectivity index (χ1) is 12.1. The largest absolute Gasteiger partial charge is 0.350 e. The van der Waals surface area contributed by atoms with Gasteiger partial charge in [0, 0.05) is 45.5 Å². The summed E-state index contributed by atoms with van der Waals surface area (Å²) in [6.07, 6.45) is 4.65. The van der Waals surface area contributed by atoms with Crippen LogP contribution in [0.4, 0.5) is 0 Å². The molecule has 7 nitrogen and oxygen atoms in total. The van der Waals surface area contributed by atoms with Gasteiger partial charge < -0.3 is 10.2 Å². The van der Waals surface area contributed by atoms with Gasteiger partial charge in [-0.15, -0.1) is 11.3 Å². The third-order valence-corrected chi connectivity index (χ3v) is 5.13. The minimum atomic E-state index is -0.776. The van der Waals surface area contributed by atoms with E-state index in [9.17, 15) is 14.4 Å². The molecular formula is C17H20N4O3S. The van der Waals surface area contributed by atoms with Crippen LogP contribution in [0.25, 0.3) is 0 Å². The molecule has 0 bridgehead atoms. The summed E-state index contributed by atoms with van der Waals surface area (Å²) < 4.78 is 0. The number of allylic oxidation sites excluding steroid dienone is 1. The maximum atomic E-state index is 12.4. The Morgan fingerprint density at radius 1 is 1.28 bits per heavy atom. The van der Waals surface area contributed by atoms with Crippen LogP contribution in [0.3, 0.4) is 0 Å². The summed E-state index contributed by atoms with van der Waals surface area (Å²) in [6.45, 7) is 3.94. The first kappa shape index (κ1) is 17.5. The molecule has 0 aromatic carbocycles. The zero-order chi connectivity index (χ0) is 17.6. The number of rotatable bonds is 5. The lowest BCUT2D eigenvalue weighted by atomic mass is 10.0. The van der Waals surface area contributed by atoms with Gasteiger partial charge in [-0.2, -0.15) is 0 Å². The molecule has 8 heteroatoms. The second kappa shape index (κ2) is 8.17. The van der Waals surface area contributed by atoms with Gasteiger partial charge in [-0.3, -0.25) is 19.3 Å². The lowest BCUT2D eigenvalue weighted by molar-refractivity contribution is -0.140. The lowest BCUT2D eigenvalue weighted by Crippen LogP contribution is -2.52. The number of carbonyl (C=O) groups excluding carboxylic acids is 3. The van der Waals surface area contributed by atoms with E-state index >= 15 is 0 Å². The van der Waals surface area contributed by atoms with Gasteiger partial charge in [0.1, 0.15) is 5.92 Å². The van der Waals surface area contributed by atoms with E-state index in [-0.39, 0.29) is 11.8 Å². The number of nitrogens with zero attached hydrogens (tertiary/aromatic N) is 3. The SMILES string of the molecule is O=C(NCCN1CCN(C(=O)C2C=CC=NC2=O)CC1)c1cccs1. The van der Waals surface area contributed by atoms with E-state index in [1.807, 2.05) is 11.4 Å². The zero-order valence-electron chi connectivity index (χ0n) is 13.8.